The van der Waals surface area contributed by atoms with Crippen molar-refractivity contribution in [1.82, 2.24) is 18.3 Å². The van der Waals surface area contributed by atoms with Gasteiger partial charge in [-0.2, -0.15) is 0 Å². The number of hydrogen-bond acceptors (Lipinski definition) is 22. The number of nitrogens with two attached hydrogens (primary N) is 1. The highest BCUT2D eigenvalue weighted by Crippen LogP contribution is 2.29. The number of halogens is 1. The van der Waals surface area contributed by atoms with Crippen LogP contribution in [0.2, 0.25) is 0 Å². The van der Waals surface area contributed by atoms with E-state index in [0.29, 0.717) is 62.1 Å². The maximum absolute atomic E-state index is 12.9. The fraction of sp³-hybridized carbons (Fsp3) is 0.105. The number of aryl methyl sites for hydroxylation is 6. The topological polar surface area (TPSA) is 483 Å². The number of non-ortho nitro benzene ring substituents is 3. The van der Waals surface area contributed by atoms with Gasteiger partial charge in [-0.05, 0) is 221 Å². The van der Waals surface area contributed by atoms with E-state index in [1.807, 2.05) is 101 Å². The van der Waals surface area contributed by atoms with Gasteiger partial charge in [0.1, 0.15) is 22.8 Å². The van der Waals surface area contributed by atoms with Crippen LogP contribution in [0, 0.1) is 44.2 Å². The van der Waals surface area contributed by atoms with Gasteiger partial charge in [-0.1, -0.05) is 101 Å². The number of esters is 4. The van der Waals surface area contributed by atoms with Crippen molar-refractivity contribution in [2.45, 2.75) is 13.8 Å². The normalized spacial score (nSPS) is 10.1. The molecule has 4 aromatic heterocycles. The standard InChI is InChI=1S/C27H26N4O4.C14H17N3O3.C14H11NO4.C14H13NO2.C13H9NO4.C7H7BO4.C6H4BrNO2/c1-17-12-23(30(2)15-17)25(32)29-22-14-24(31(3)16-22)26(33)28-21-10-8-18(9-11-21)19-6-5-7-20(13-19)27(34)35-4;1-9-5-11(16(2)7-9)13(18)15-10-6-12(14(19)20-4)17(3)8-10;1-19-14(16)12-4-2-3-11(9-12)10-5-7-13(8-6-10)15(17)18;1-17-14(16)12-4-2-3-11(9-12)10-5-7-13(15)8-6-10;15-13(16)11-3-1-2-10(8-11)9-4-6-12(7-5-9)14(17)18;9-7(10)5-2-1-3-6(4-5)8(11)12;7-5-1-3-6(4-2-5)8(9)10/h5-16H,1-4H3,(H,28,33)(H,29,32);5-8H,1-4H3,(H,15,18);2-9H,1H3;2-9H,15H2,1H3;1-8H,(H,15,16);1-4,11-12H,(H,9,10);1-4H. The summed E-state index contributed by atoms with van der Waals surface area (Å²) in [5.41, 5.74) is 20.8. The lowest BCUT2D eigenvalue weighted by Crippen LogP contribution is -2.30. The van der Waals surface area contributed by atoms with Gasteiger partial charge in [-0.25, -0.2) is 28.8 Å². The lowest BCUT2D eigenvalue weighted by Gasteiger charge is -2.08. The van der Waals surface area contributed by atoms with Gasteiger partial charge >= 0.3 is 42.9 Å². The molecule has 3 amide bonds. The maximum Gasteiger partial charge on any atom is 0.488 e. The van der Waals surface area contributed by atoms with Crippen LogP contribution in [-0.4, -0.2) is 142 Å². The number of carbonyl (C=O) groups excluding carboxylic acids is 7. The first kappa shape index (κ1) is 99.4. The van der Waals surface area contributed by atoms with Gasteiger partial charge in [-0.15, -0.1) is 0 Å². The summed E-state index contributed by atoms with van der Waals surface area (Å²) in [5, 5.41) is 74.5. The zero-order valence-corrected chi connectivity index (χ0v) is 73.5. The summed E-state index contributed by atoms with van der Waals surface area (Å²) in [6.45, 7) is 3.85. The quantitative estimate of drug-likeness (QED) is 0.00877. The molecule has 0 aliphatic rings. The average molecular weight is 1840 g/mol. The van der Waals surface area contributed by atoms with E-state index in [1.54, 1.807) is 178 Å². The smallest absolute Gasteiger partial charge is 0.478 e. The predicted molar refractivity (Wildman–Crippen MR) is 497 cm³/mol. The van der Waals surface area contributed by atoms with Crippen LogP contribution in [0.25, 0.3) is 44.5 Å². The number of nitro groups is 3. The van der Waals surface area contributed by atoms with Crippen LogP contribution in [-0.2, 0) is 47.1 Å². The fourth-order valence-electron chi connectivity index (χ4n) is 12.3. The minimum atomic E-state index is -1.62. The van der Waals surface area contributed by atoms with Crippen LogP contribution < -0.4 is 27.1 Å². The zero-order chi connectivity index (χ0) is 95.9. The minimum absolute atomic E-state index is 0.00754. The van der Waals surface area contributed by atoms with E-state index in [4.69, 9.17) is 30.7 Å². The number of nitrogens with zero attached hydrogens (tertiary/aromatic N) is 7. The van der Waals surface area contributed by atoms with Crippen molar-refractivity contribution in [2.24, 2.45) is 28.2 Å². The fourth-order valence-corrected chi connectivity index (χ4v) is 12.6. The van der Waals surface area contributed by atoms with E-state index in [1.165, 1.54) is 101 Å². The number of hydrogen-bond donors (Lipinski definition) is 8. The number of carboxylic acids is 2. The number of carboxylic acid groups (broad SMARTS) is 2. The number of methoxy groups -OCH3 is 4. The number of nitrogen functional groups attached to an aromatic ring is 1. The molecule has 0 saturated heterocycles. The summed E-state index contributed by atoms with van der Waals surface area (Å²) < 4.78 is 26.4. The Bertz CT molecular complexity index is 6470. The molecule has 4 heterocycles. The van der Waals surface area contributed by atoms with Crippen molar-refractivity contribution in [3.8, 4) is 44.5 Å². The highest BCUT2D eigenvalue weighted by molar-refractivity contribution is 9.10. The second-order valence-electron chi connectivity index (χ2n) is 28.3. The first-order valence-electron chi connectivity index (χ1n) is 38.9. The zero-order valence-electron chi connectivity index (χ0n) is 71.9. The monoisotopic (exact) mass is 1840 g/mol. The number of rotatable bonds is 20. The third kappa shape index (κ3) is 29.0. The van der Waals surface area contributed by atoms with Gasteiger partial charge in [0.25, 0.3) is 34.8 Å². The molecular formula is C95H87BBrN11O23. The SMILES string of the molecule is COC(=O)c1cc(NC(=O)c2cc(C)cn2C)cn1C.COC(=O)c1cccc(-c2ccc(N)cc2)c1.COC(=O)c1cccc(-c2ccc(NC(=O)c3cc(NC(=O)c4cc(C)cn4C)cn3C)cc2)c1.COC(=O)c1cccc(-c2ccc([N+](=O)[O-])cc2)c1.O=C(O)c1cccc(-c2ccc([N+](=O)[O-])cc2)c1.O=C(O)c1cccc(B(O)O)c1.O=[N+]([O-])c1ccc(Br)cc1. The number of amides is 3. The number of anilines is 4. The van der Waals surface area contributed by atoms with Crippen LogP contribution in [0.4, 0.5) is 39.8 Å². The van der Waals surface area contributed by atoms with Gasteiger partial charge in [0.2, 0.25) is 0 Å². The molecule has 9 N–H and O–H groups in total. The van der Waals surface area contributed by atoms with Crippen LogP contribution >= 0.6 is 15.9 Å². The number of carbonyl (C=O) groups is 9. The highest BCUT2D eigenvalue weighted by Gasteiger charge is 2.21. The van der Waals surface area contributed by atoms with Crippen LogP contribution in [0.5, 0.6) is 0 Å². The van der Waals surface area contributed by atoms with Crippen LogP contribution in [0.1, 0.15) is 105 Å². The molecule has 0 fully saturated rings. The minimum Gasteiger partial charge on any atom is -0.478 e. The molecule has 0 unspecified atom stereocenters. The van der Waals surface area contributed by atoms with E-state index >= 15 is 0 Å². The second-order valence-corrected chi connectivity index (χ2v) is 29.2. The van der Waals surface area contributed by atoms with Gasteiger partial charge in [0, 0.05) is 105 Å². The molecule has 0 aliphatic carbocycles. The van der Waals surface area contributed by atoms with Crippen molar-refractivity contribution in [3.63, 3.8) is 0 Å². The van der Waals surface area contributed by atoms with Crippen molar-refractivity contribution in [2.75, 3.05) is 50.1 Å². The van der Waals surface area contributed by atoms with E-state index in [9.17, 15) is 73.5 Å². The van der Waals surface area contributed by atoms with Gasteiger partial charge in [0.05, 0.1) is 82.4 Å². The molecule has 0 bridgehead atoms. The Kier molecular flexibility index (Phi) is 36.0. The van der Waals surface area contributed by atoms with E-state index in [-0.39, 0.29) is 57.3 Å². The number of aromatic carboxylic acids is 2. The third-order valence-electron chi connectivity index (χ3n) is 18.9. The molecule has 10 aromatic carbocycles. The maximum atomic E-state index is 12.9. The Balaban J connectivity index is 0.000000195. The van der Waals surface area contributed by atoms with Crippen molar-refractivity contribution in [1.29, 1.82) is 0 Å². The summed E-state index contributed by atoms with van der Waals surface area (Å²) in [6, 6.07) is 73.2. The second kappa shape index (κ2) is 47.4. The summed E-state index contributed by atoms with van der Waals surface area (Å²) >= 11 is 3.17. The third-order valence-corrected chi connectivity index (χ3v) is 19.4. The first-order valence-corrected chi connectivity index (χ1v) is 39.7. The van der Waals surface area contributed by atoms with Crippen molar-refractivity contribution in [3.05, 3.63) is 388 Å². The Morgan fingerprint density at radius 1 is 0.344 bits per heavy atom. The highest BCUT2D eigenvalue weighted by atomic mass is 79.9. The molecule has 34 nitrogen and oxygen atoms in total. The van der Waals surface area contributed by atoms with E-state index in [0.717, 1.165) is 60.2 Å². The predicted octanol–water partition coefficient (Wildman–Crippen LogP) is 16.5. The Labute approximate surface area is 758 Å². The Morgan fingerprint density at radius 3 is 0.954 bits per heavy atom. The summed E-state index contributed by atoms with van der Waals surface area (Å²) in [5.74, 6) is -4.44. The summed E-state index contributed by atoms with van der Waals surface area (Å²) in [6.07, 6.45) is 7.11. The molecule has 0 radical (unpaired) electrons. The summed E-state index contributed by atoms with van der Waals surface area (Å²) in [4.78, 5) is 135. The van der Waals surface area contributed by atoms with Crippen molar-refractivity contribution >= 4 is 122 Å². The average Bonchev–Trinajstić information content (AvgIpc) is 1.63. The van der Waals surface area contributed by atoms with E-state index in [2.05, 4.69) is 46.1 Å². The van der Waals surface area contributed by atoms with Crippen LogP contribution in [0.3, 0.4) is 0 Å². The summed E-state index contributed by atoms with van der Waals surface area (Å²) in [7, 11) is 10.8. The molecular weight excluding hydrogens is 1750 g/mol. The van der Waals surface area contributed by atoms with Gasteiger partial charge in [0.15, 0.2) is 0 Å². The van der Waals surface area contributed by atoms with Crippen molar-refractivity contribution < 1.29 is 97.1 Å². The molecule has 0 saturated carbocycles. The number of nitrogens with one attached hydrogen (secondary N) is 3. The molecule has 14 aromatic rings. The van der Waals surface area contributed by atoms with E-state index < -0.39 is 51.7 Å². The molecule has 14 rings (SSSR count). The van der Waals surface area contributed by atoms with Crippen LogP contribution in [0.15, 0.2) is 296 Å². The number of nitro benzene ring substituents is 3. The molecule has 0 aliphatic heterocycles. The Morgan fingerprint density at radius 2 is 0.626 bits per heavy atom. The lowest BCUT2D eigenvalue weighted by atomic mass is 9.80. The molecule has 0 spiro atoms. The molecule has 670 valence electrons. The largest absolute Gasteiger partial charge is 0.488 e. The molecule has 36 heteroatoms. The number of ether oxygens (including phenoxy) is 4. The number of aromatic nitrogens is 4. The van der Waals surface area contributed by atoms with Gasteiger partial charge in [-0.3, -0.25) is 44.7 Å². The molecule has 0 atom stereocenters. The lowest BCUT2D eigenvalue weighted by molar-refractivity contribution is -0.385. The number of benzene rings is 10. The Hall–Kier alpha value is -17.0. The van der Waals surface area contributed by atoms with Gasteiger partial charge < -0.3 is 79.2 Å². The first-order chi connectivity index (χ1) is 62.4. The molecule has 131 heavy (non-hydrogen) atoms.